The molecule has 1 aromatic rings. The summed E-state index contributed by atoms with van der Waals surface area (Å²) in [7, 11) is 0. The fraction of sp³-hybridized carbons (Fsp3) is 0.375. The molecule has 14 heavy (non-hydrogen) atoms. The minimum absolute atomic E-state index is 0.303. The van der Waals surface area contributed by atoms with Gasteiger partial charge in [0.05, 0.1) is 0 Å². The van der Waals surface area contributed by atoms with Gasteiger partial charge < -0.3 is 10.4 Å². The van der Waals surface area contributed by atoms with Crippen LogP contribution in [0.1, 0.15) is 0 Å². The van der Waals surface area contributed by atoms with E-state index in [-0.39, 0.29) is 6.54 Å². The van der Waals surface area contributed by atoms with Crippen molar-refractivity contribution in [2.75, 3.05) is 11.9 Å². The van der Waals surface area contributed by atoms with E-state index < -0.39 is 18.5 Å². The number of aliphatic hydroxyl groups excluding tert-OH is 1. The molecular formula is C8H9F3N2O. The number of alkyl halides is 2. The van der Waals surface area contributed by atoms with E-state index in [0.29, 0.717) is 5.69 Å². The topological polar surface area (TPSA) is 45.1 Å². The van der Waals surface area contributed by atoms with Crippen LogP contribution in [0.3, 0.4) is 0 Å². The molecule has 1 heterocycles. The second kappa shape index (κ2) is 4.80. The molecule has 0 aliphatic rings. The first-order valence-electron chi connectivity index (χ1n) is 3.91. The second-order valence-corrected chi connectivity index (χ2v) is 2.65. The summed E-state index contributed by atoms with van der Waals surface area (Å²) in [5.74, 6) is -0.707. The van der Waals surface area contributed by atoms with E-state index >= 15 is 0 Å². The van der Waals surface area contributed by atoms with E-state index in [0.717, 1.165) is 6.07 Å². The lowest BCUT2D eigenvalue weighted by Gasteiger charge is -2.11. The van der Waals surface area contributed by atoms with Crippen molar-refractivity contribution in [1.82, 2.24) is 4.98 Å². The molecule has 2 N–H and O–H groups in total. The average Bonchev–Trinajstić information content (AvgIpc) is 2.14. The Morgan fingerprint density at radius 2 is 2.21 bits per heavy atom. The highest BCUT2D eigenvalue weighted by Gasteiger charge is 2.15. The van der Waals surface area contributed by atoms with Gasteiger partial charge in [-0.15, -0.1) is 0 Å². The number of anilines is 1. The second-order valence-electron chi connectivity index (χ2n) is 2.65. The van der Waals surface area contributed by atoms with Crippen molar-refractivity contribution in [2.24, 2.45) is 0 Å². The molecule has 1 rings (SSSR count). The number of nitrogens with one attached hydrogen (secondary N) is 1. The first-order chi connectivity index (χ1) is 6.59. The number of halogens is 3. The molecule has 0 radical (unpaired) electrons. The Morgan fingerprint density at radius 1 is 1.50 bits per heavy atom. The van der Waals surface area contributed by atoms with Gasteiger partial charge in [-0.1, -0.05) is 0 Å². The summed E-state index contributed by atoms with van der Waals surface area (Å²) >= 11 is 0. The van der Waals surface area contributed by atoms with E-state index in [1.165, 1.54) is 12.3 Å². The van der Waals surface area contributed by atoms with Gasteiger partial charge in [-0.05, 0) is 6.07 Å². The van der Waals surface area contributed by atoms with Gasteiger partial charge in [0.1, 0.15) is 6.10 Å². The van der Waals surface area contributed by atoms with E-state index in [1.807, 2.05) is 0 Å². The molecule has 3 nitrogen and oxygen atoms in total. The zero-order valence-corrected chi connectivity index (χ0v) is 7.12. The van der Waals surface area contributed by atoms with Gasteiger partial charge in [-0.2, -0.15) is 4.39 Å². The summed E-state index contributed by atoms with van der Waals surface area (Å²) < 4.78 is 36.2. The fourth-order valence-corrected chi connectivity index (χ4v) is 0.824. The molecule has 0 saturated carbocycles. The molecule has 0 amide bonds. The Balaban J connectivity index is 2.45. The van der Waals surface area contributed by atoms with E-state index in [4.69, 9.17) is 5.11 Å². The van der Waals surface area contributed by atoms with Gasteiger partial charge in [0.25, 0.3) is 6.43 Å². The monoisotopic (exact) mass is 206 g/mol. The van der Waals surface area contributed by atoms with Crippen molar-refractivity contribution in [2.45, 2.75) is 12.5 Å². The van der Waals surface area contributed by atoms with Crippen LogP contribution in [0.5, 0.6) is 0 Å². The first-order valence-corrected chi connectivity index (χ1v) is 3.91. The Kier molecular flexibility index (Phi) is 3.70. The number of nitrogens with zero attached hydrogens (tertiary/aromatic N) is 1. The predicted molar refractivity (Wildman–Crippen MR) is 44.7 cm³/mol. The van der Waals surface area contributed by atoms with Crippen LogP contribution in [0.15, 0.2) is 18.3 Å². The van der Waals surface area contributed by atoms with E-state index in [2.05, 4.69) is 10.3 Å². The van der Waals surface area contributed by atoms with Crippen LogP contribution in [0.4, 0.5) is 18.9 Å². The van der Waals surface area contributed by atoms with Crippen LogP contribution < -0.4 is 5.32 Å². The maximum atomic E-state index is 12.5. The van der Waals surface area contributed by atoms with Gasteiger partial charge in [0, 0.05) is 24.5 Å². The Bertz CT molecular complexity index is 296. The van der Waals surface area contributed by atoms with Crippen molar-refractivity contribution in [1.29, 1.82) is 0 Å². The van der Waals surface area contributed by atoms with Gasteiger partial charge >= 0.3 is 0 Å². The predicted octanol–water partition coefficient (Wildman–Crippen LogP) is 1.26. The van der Waals surface area contributed by atoms with Crippen LogP contribution in [-0.4, -0.2) is 29.2 Å². The van der Waals surface area contributed by atoms with Crippen LogP contribution in [0.25, 0.3) is 0 Å². The van der Waals surface area contributed by atoms with E-state index in [1.54, 1.807) is 0 Å². The Morgan fingerprint density at radius 3 is 2.79 bits per heavy atom. The maximum Gasteiger partial charge on any atom is 0.265 e. The third kappa shape index (κ3) is 3.21. The largest absolute Gasteiger partial charge is 0.385 e. The van der Waals surface area contributed by atoms with Crippen LogP contribution in [-0.2, 0) is 0 Å². The number of hydrogen-bond donors (Lipinski definition) is 2. The highest BCUT2D eigenvalue weighted by atomic mass is 19.3. The highest BCUT2D eigenvalue weighted by Crippen LogP contribution is 2.08. The normalized spacial score (nSPS) is 12.9. The van der Waals surface area contributed by atoms with Crippen molar-refractivity contribution in [3.63, 3.8) is 0 Å². The lowest BCUT2D eigenvalue weighted by Crippen LogP contribution is -2.26. The highest BCUT2D eigenvalue weighted by molar-refractivity contribution is 5.41. The summed E-state index contributed by atoms with van der Waals surface area (Å²) in [5.41, 5.74) is 0.303. The summed E-state index contributed by atoms with van der Waals surface area (Å²) in [6.07, 6.45) is -3.37. The number of aromatic nitrogens is 1. The Labute approximate surface area is 78.6 Å². The van der Waals surface area contributed by atoms with Crippen molar-refractivity contribution >= 4 is 5.69 Å². The molecule has 0 spiro atoms. The molecule has 0 bridgehead atoms. The molecule has 0 aromatic carbocycles. The molecule has 6 heteroatoms. The quantitative estimate of drug-likeness (QED) is 0.729. The molecule has 0 aliphatic carbocycles. The molecule has 0 fully saturated rings. The van der Waals surface area contributed by atoms with Crippen LogP contribution >= 0.6 is 0 Å². The number of pyridine rings is 1. The summed E-state index contributed by atoms with van der Waals surface area (Å²) in [6.45, 7) is -0.332. The average molecular weight is 206 g/mol. The van der Waals surface area contributed by atoms with Gasteiger partial charge in [0.2, 0.25) is 5.95 Å². The summed E-state index contributed by atoms with van der Waals surface area (Å²) in [4.78, 5) is 3.28. The lowest BCUT2D eigenvalue weighted by atomic mass is 10.3. The third-order valence-electron chi connectivity index (χ3n) is 1.53. The summed E-state index contributed by atoms with van der Waals surface area (Å²) in [5, 5.41) is 11.2. The van der Waals surface area contributed by atoms with Gasteiger partial charge in [-0.25, -0.2) is 13.8 Å². The minimum Gasteiger partial charge on any atom is -0.385 e. The molecule has 1 unspecified atom stereocenters. The number of aliphatic hydroxyl groups is 1. The van der Waals surface area contributed by atoms with Crippen LogP contribution in [0, 0.1) is 5.95 Å². The molecular weight excluding hydrogens is 197 g/mol. The molecule has 1 atom stereocenters. The van der Waals surface area contributed by atoms with Gasteiger partial charge in [0.15, 0.2) is 0 Å². The SMILES string of the molecule is OC(CNc1ccnc(F)c1)C(F)F. The molecule has 78 valence electrons. The van der Waals surface area contributed by atoms with Crippen LogP contribution in [0.2, 0.25) is 0 Å². The lowest BCUT2D eigenvalue weighted by molar-refractivity contribution is 0.00384. The van der Waals surface area contributed by atoms with Crippen molar-refractivity contribution < 1.29 is 18.3 Å². The van der Waals surface area contributed by atoms with Crippen molar-refractivity contribution in [3.05, 3.63) is 24.3 Å². The van der Waals surface area contributed by atoms with Gasteiger partial charge in [-0.3, -0.25) is 0 Å². The summed E-state index contributed by atoms with van der Waals surface area (Å²) in [6, 6.07) is 2.47. The van der Waals surface area contributed by atoms with E-state index in [9.17, 15) is 13.2 Å². The Hall–Kier alpha value is -1.30. The maximum absolute atomic E-state index is 12.5. The minimum atomic E-state index is -2.81. The standard InChI is InChI=1S/C8H9F3N2O/c9-7-3-5(1-2-12-7)13-4-6(14)8(10)11/h1-3,6,8,14H,4H2,(H,12,13). The number of rotatable bonds is 4. The fourth-order valence-electron chi connectivity index (χ4n) is 0.824. The molecule has 0 saturated heterocycles. The molecule has 1 aromatic heterocycles. The number of hydrogen-bond acceptors (Lipinski definition) is 3. The zero-order valence-electron chi connectivity index (χ0n) is 7.12. The van der Waals surface area contributed by atoms with Crippen molar-refractivity contribution in [3.8, 4) is 0 Å². The third-order valence-corrected chi connectivity index (χ3v) is 1.53. The zero-order chi connectivity index (χ0) is 10.6. The first kappa shape index (κ1) is 10.8. The smallest absolute Gasteiger partial charge is 0.265 e. The molecule has 0 aliphatic heterocycles.